The maximum atomic E-state index is 6.97. The number of benzene rings is 2. The largest absolute Gasteiger partial charge is 0.367 e. The highest BCUT2D eigenvalue weighted by atomic mass is 16.6. The fourth-order valence-corrected chi connectivity index (χ4v) is 4.60. The summed E-state index contributed by atoms with van der Waals surface area (Å²) in [6.45, 7) is 10.5. The maximum Gasteiger partial charge on any atom is 0.126 e. The molecule has 0 heterocycles. The van der Waals surface area contributed by atoms with Gasteiger partial charge in [-0.2, -0.15) is 0 Å². The fourth-order valence-electron chi connectivity index (χ4n) is 4.60. The first-order valence-electron chi connectivity index (χ1n) is 12.1. The molecule has 30 heavy (non-hydrogen) atoms. The van der Waals surface area contributed by atoms with Crippen LogP contribution in [0.25, 0.3) is 0 Å². The Morgan fingerprint density at radius 2 is 0.900 bits per heavy atom. The highest BCUT2D eigenvalue weighted by Crippen LogP contribution is 2.52. The molecule has 0 radical (unpaired) electrons. The van der Waals surface area contributed by atoms with Crippen molar-refractivity contribution in [1.29, 1.82) is 0 Å². The van der Waals surface area contributed by atoms with Crippen LogP contribution in [0.3, 0.4) is 0 Å². The molecule has 0 spiro atoms. The molecule has 2 aromatic carbocycles. The van der Waals surface area contributed by atoms with E-state index in [-0.39, 0.29) is 0 Å². The van der Waals surface area contributed by atoms with E-state index < -0.39 is 11.2 Å². The molecule has 0 aromatic heterocycles. The Morgan fingerprint density at radius 1 is 0.533 bits per heavy atom. The zero-order valence-corrected chi connectivity index (χ0v) is 19.7. The summed E-state index contributed by atoms with van der Waals surface area (Å²) in [5, 5.41) is 0. The molecule has 2 nitrogen and oxygen atoms in total. The first kappa shape index (κ1) is 24.6. The van der Waals surface area contributed by atoms with E-state index in [4.69, 9.17) is 9.47 Å². The van der Waals surface area contributed by atoms with Crippen molar-refractivity contribution in [2.75, 3.05) is 13.2 Å². The average molecular weight is 411 g/mol. The standard InChI is InChI=1S/C28H42O2/c1-5-9-23-29-27(21-7-3,25-17-13-11-14-18-25)28(22-8-4,30-24-10-6-2)26-19-15-12-16-20-26/h11-20H,5-10,21-24H2,1-4H3. The van der Waals surface area contributed by atoms with Crippen LogP contribution in [0.4, 0.5) is 0 Å². The summed E-state index contributed by atoms with van der Waals surface area (Å²) in [5.74, 6) is 0. The zero-order chi connectivity index (χ0) is 21.7. The Kier molecular flexibility index (Phi) is 10.6. The molecule has 2 atom stereocenters. The van der Waals surface area contributed by atoms with Crippen molar-refractivity contribution in [2.45, 2.75) is 90.3 Å². The Labute approximate surface area is 185 Å². The lowest BCUT2D eigenvalue weighted by Crippen LogP contribution is -2.53. The van der Waals surface area contributed by atoms with Crippen LogP contribution >= 0.6 is 0 Å². The van der Waals surface area contributed by atoms with Gasteiger partial charge in [-0.15, -0.1) is 0 Å². The predicted molar refractivity (Wildman–Crippen MR) is 128 cm³/mol. The highest BCUT2D eigenvalue weighted by molar-refractivity contribution is 5.35. The molecule has 2 rings (SSSR count). The summed E-state index contributed by atoms with van der Waals surface area (Å²) >= 11 is 0. The lowest BCUT2D eigenvalue weighted by molar-refractivity contribution is -0.232. The van der Waals surface area contributed by atoms with Crippen molar-refractivity contribution in [3.8, 4) is 0 Å². The monoisotopic (exact) mass is 410 g/mol. The molecular weight excluding hydrogens is 368 g/mol. The SMILES string of the molecule is CCCCOC(CCC)(c1ccccc1)C(CCC)(OCCCC)c1ccccc1. The third kappa shape index (κ3) is 5.53. The van der Waals surface area contributed by atoms with Crippen molar-refractivity contribution < 1.29 is 9.47 Å². The second kappa shape index (κ2) is 12.9. The zero-order valence-electron chi connectivity index (χ0n) is 19.7. The van der Waals surface area contributed by atoms with E-state index in [2.05, 4.69) is 88.4 Å². The molecule has 0 N–H and O–H groups in total. The van der Waals surface area contributed by atoms with Crippen molar-refractivity contribution >= 4 is 0 Å². The molecule has 0 amide bonds. The number of hydrogen-bond donors (Lipinski definition) is 0. The van der Waals surface area contributed by atoms with Crippen LogP contribution in [-0.2, 0) is 20.7 Å². The van der Waals surface area contributed by atoms with Gasteiger partial charge in [0.25, 0.3) is 0 Å². The van der Waals surface area contributed by atoms with Crippen LogP contribution < -0.4 is 0 Å². The Hall–Kier alpha value is -1.64. The van der Waals surface area contributed by atoms with Crippen molar-refractivity contribution in [2.24, 2.45) is 0 Å². The third-order valence-electron chi connectivity index (χ3n) is 6.03. The van der Waals surface area contributed by atoms with Crippen LogP contribution in [-0.4, -0.2) is 13.2 Å². The van der Waals surface area contributed by atoms with Gasteiger partial charge in [-0.25, -0.2) is 0 Å². The van der Waals surface area contributed by atoms with Crippen molar-refractivity contribution in [3.05, 3.63) is 71.8 Å². The lowest BCUT2D eigenvalue weighted by atomic mass is 9.68. The minimum atomic E-state index is -0.511. The summed E-state index contributed by atoms with van der Waals surface area (Å²) in [6, 6.07) is 21.7. The summed E-state index contributed by atoms with van der Waals surface area (Å²) < 4.78 is 13.9. The van der Waals surface area contributed by atoms with Gasteiger partial charge in [-0.1, -0.05) is 114 Å². The van der Waals surface area contributed by atoms with E-state index in [1.807, 2.05) is 0 Å². The van der Waals surface area contributed by atoms with Gasteiger partial charge in [0.1, 0.15) is 11.2 Å². The minimum Gasteiger partial charge on any atom is -0.367 e. The van der Waals surface area contributed by atoms with E-state index in [0.29, 0.717) is 0 Å². The molecule has 0 aliphatic carbocycles. The Morgan fingerprint density at radius 3 is 1.20 bits per heavy atom. The average Bonchev–Trinajstić information content (AvgIpc) is 2.79. The van der Waals surface area contributed by atoms with E-state index in [9.17, 15) is 0 Å². The minimum absolute atomic E-state index is 0.511. The Bertz CT molecular complexity index is 623. The first-order valence-corrected chi connectivity index (χ1v) is 12.1. The van der Waals surface area contributed by atoms with Gasteiger partial charge in [-0.3, -0.25) is 0 Å². The number of ether oxygens (including phenoxy) is 2. The van der Waals surface area contributed by atoms with E-state index in [1.54, 1.807) is 0 Å². The third-order valence-corrected chi connectivity index (χ3v) is 6.03. The second-order valence-electron chi connectivity index (χ2n) is 8.29. The highest BCUT2D eigenvalue weighted by Gasteiger charge is 2.54. The van der Waals surface area contributed by atoms with Gasteiger partial charge >= 0.3 is 0 Å². The van der Waals surface area contributed by atoms with Gasteiger partial charge in [-0.05, 0) is 36.8 Å². The molecule has 0 saturated heterocycles. The van der Waals surface area contributed by atoms with Crippen LogP contribution in [0.15, 0.2) is 60.7 Å². The predicted octanol–water partition coefficient (Wildman–Crippen LogP) is 8.01. The molecular formula is C28H42O2. The van der Waals surface area contributed by atoms with Crippen LogP contribution in [0.2, 0.25) is 0 Å². The normalized spacial score (nSPS) is 15.5. The Balaban J connectivity index is 2.73. The second-order valence-corrected chi connectivity index (χ2v) is 8.29. The molecule has 0 aliphatic heterocycles. The first-order chi connectivity index (χ1) is 14.7. The quantitative estimate of drug-likeness (QED) is 0.277. The lowest BCUT2D eigenvalue weighted by Gasteiger charge is -2.51. The van der Waals surface area contributed by atoms with Crippen molar-refractivity contribution in [1.82, 2.24) is 0 Å². The number of unbranched alkanes of at least 4 members (excludes halogenated alkanes) is 2. The van der Waals surface area contributed by atoms with Crippen LogP contribution in [0.5, 0.6) is 0 Å². The molecule has 0 saturated carbocycles. The van der Waals surface area contributed by atoms with Gasteiger partial charge in [0.15, 0.2) is 0 Å². The maximum absolute atomic E-state index is 6.97. The summed E-state index contributed by atoms with van der Waals surface area (Å²) in [7, 11) is 0. The van der Waals surface area contributed by atoms with Crippen molar-refractivity contribution in [3.63, 3.8) is 0 Å². The summed E-state index contributed by atoms with van der Waals surface area (Å²) in [6.07, 6.45) is 8.31. The number of hydrogen-bond acceptors (Lipinski definition) is 2. The molecule has 2 unspecified atom stereocenters. The van der Waals surface area contributed by atoms with Crippen LogP contribution in [0.1, 0.15) is 90.2 Å². The molecule has 2 aromatic rings. The summed E-state index contributed by atoms with van der Waals surface area (Å²) in [5.41, 5.74) is 1.44. The van der Waals surface area contributed by atoms with E-state index in [0.717, 1.165) is 64.6 Å². The van der Waals surface area contributed by atoms with Gasteiger partial charge in [0.05, 0.1) is 0 Å². The van der Waals surface area contributed by atoms with Gasteiger partial charge in [0.2, 0.25) is 0 Å². The molecule has 166 valence electrons. The molecule has 0 aliphatic rings. The molecule has 2 heteroatoms. The van der Waals surface area contributed by atoms with Gasteiger partial charge < -0.3 is 9.47 Å². The molecule has 0 fully saturated rings. The van der Waals surface area contributed by atoms with Crippen LogP contribution in [0, 0.1) is 0 Å². The fraction of sp³-hybridized carbons (Fsp3) is 0.571. The smallest absolute Gasteiger partial charge is 0.126 e. The topological polar surface area (TPSA) is 18.5 Å². The summed E-state index contributed by atoms with van der Waals surface area (Å²) in [4.78, 5) is 0. The van der Waals surface area contributed by atoms with Gasteiger partial charge in [0, 0.05) is 13.2 Å². The molecule has 0 bridgehead atoms. The van der Waals surface area contributed by atoms with E-state index in [1.165, 1.54) is 11.1 Å². The number of rotatable bonds is 15. The van der Waals surface area contributed by atoms with E-state index >= 15 is 0 Å².